The first-order valence-electron chi connectivity index (χ1n) is 6.53. The average molecular weight is 279 g/mol. The van der Waals surface area contributed by atoms with Crippen molar-refractivity contribution in [2.75, 3.05) is 0 Å². The third-order valence-corrected chi connectivity index (χ3v) is 3.19. The lowest BCUT2D eigenvalue weighted by Gasteiger charge is -2.11. The molecule has 1 aromatic heterocycles. The summed E-state index contributed by atoms with van der Waals surface area (Å²) in [6.45, 7) is -0.139. The molecule has 0 amide bonds. The fraction of sp³-hybridized carbons (Fsp3) is 0.0588. The van der Waals surface area contributed by atoms with E-state index in [9.17, 15) is 9.90 Å². The summed E-state index contributed by atoms with van der Waals surface area (Å²) in [6, 6.07) is 16.4. The van der Waals surface area contributed by atoms with Gasteiger partial charge in [0.15, 0.2) is 6.29 Å². The highest BCUT2D eigenvalue weighted by atomic mass is 16.5. The summed E-state index contributed by atoms with van der Waals surface area (Å²) in [4.78, 5) is 15.6. The molecule has 0 spiro atoms. The molecule has 2 aromatic carbocycles. The van der Waals surface area contributed by atoms with Crippen LogP contribution < -0.4 is 4.74 Å². The summed E-state index contributed by atoms with van der Waals surface area (Å²) in [5, 5.41) is 10.2. The second kappa shape index (κ2) is 5.73. The lowest BCUT2D eigenvalue weighted by atomic mass is 10.1. The monoisotopic (exact) mass is 279 g/mol. The zero-order valence-electron chi connectivity index (χ0n) is 11.2. The Morgan fingerprint density at radius 2 is 1.86 bits per heavy atom. The van der Waals surface area contributed by atoms with E-state index in [0.717, 1.165) is 17.2 Å². The number of hydrogen-bond acceptors (Lipinski definition) is 4. The highest BCUT2D eigenvalue weighted by Gasteiger charge is 2.10. The molecule has 0 fully saturated rings. The van der Waals surface area contributed by atoms with Crippen LogP contribution in [0.15, 0.2) is 54.6 Å². The van der Waals surface area contributed by atoms with E-state index in [2.05, 4.69) is 4.98 Å². The van der Waals surface area contributed by atoms with Crippen LogP contribution in [0.4, 0.5) is 0 Å². The van der Waals surface area contributed by atoms with Gasteiger partial charge in [0.25, 0.3) is 0 Å². The molecule has 0 aliphatic carbocycles. The highest BCUT2D eigenvalue weighted by Crippen LogP contribution is 2.28. The van der Waals surface area contributed by atoms with Crippen LogP contribution in [0.3, 0.4) is 0 Å². The Bertz CT molecular complexity index is 799. The number of carbonyl (C=O) groups excluding carboxylic acids is 1. The summed E-state index contributed by atoms with van der Waals surface area (Å²) >= 11 is 0. The van der Waals surface area contributed by atoms with E-state index in [1.807, 2.05) is 30.3 Å². The summed E-state index contributed by atoms with van der Waals surface area (Å²) in [5.41, 5.74) is 1.77. The smallest absolute Gasteiger partial charge is 0.230 e. The zero-order valence-corrected chi connectivity index (χ0v) is 11.2. The molecule has 0 radical (unpaired) electrons. The molecule has 0 saturated carbocycles. The Morgan fingerprint density at radius 1 is 1.10 bits per heavy atom. The summed E-state index contributed by atoms with van der Waals surface area (Å²) in [6.07, 6.45) is 0.719. The number of aliphatic hydroxyl groups excluding tert-OH is 1. The lowest BCUT2D eigenvalue weighted by molar-refractivity contribution is 0.112. The largest absolute Gasteiger partial charge is 0.438 e. The summed E-state index contributed by atoms with van der Waals surface area (Å²) in [5.74, 6) is 0.732. The number of para-hydroxylation sites is 2. The first kappa shape index (κ1) is 13.3. The Balaban J connectivity index is 2.09. The van der Waals surface area contributed by atoms with Gasteiger partial charge in [0, 0.05) is 10.9 Å². The fourth-order valence-corrected chi connectivity index (χ4v) is 2.12. The molecule has 3 rings (SSSR count). The summed E-state index contributed by atoms with van der Waals surface area (Å²) < 4.78 is 5.73. The molecule has 1 heterocycles. The van der Waals surface area contributed by atoms with Gasteiger partial charge in [-0.2, -0.15) is 0 Å². The Kier molecular flexibility index (Phi) is 3.62. The van der Waals surface area contributed by atoms with Crippen LogP contribution in [0, 0.1) is 0 Å². The van der Waals surface area contributed by atoms with Gasteiger partial charge < -0.3 is 9.84 Å². The van der Waals surface area contributed by atoms with Gasteiger partial charge in [-0.3, -0.25) is 4.79 Å². The topological polar surface area (TPSA) is 59.4 Å². The lowest BCUT2D eigenvalue weighted by Crippen LogP contribution is -1.97. The quantitative estimate of drug-likeness (QED) is 0.744. The van der Waals surface area contributed by atoms with Crippen LogP contribution in [0.2, 0.25) is 0 Å². The molecule has 1 N–H and O–H groups in total. The van der Waals surface area contributed by atoms with E-state index in [0.29, 0.717) is 16.9 Å². The maximum absolute atomic E-state index is 11.2. The van der Waals surface area contributed by atoms with E-state index in [4.69, 9.17) is 4.74 Å². The van der Waals surface area contributed by atoms with Crippen molar-refractivity contribution < 1.29 is 14.6 Å². The SMILES string of the molecule is O=Cc1cc2ccccc2nc1Oc1ccccc1CO. The van der Waals surface area contributed by atoms with Crippen LogP contribution in [-0.2, 0) is 6.61 Å². The third-order valence-electron chi connectivity index (χ3n) is 3.19. The number of rotatable bonds is 4. The standard InChI is InChI=1S/C17H13NO3/c19-10-13-6-2-4-8-16(13)21-17-14(11-20)9-12-5-1-3-7-15(12)18-17/h1-9,11,19H,10H2. The molecule has 21 heavy (non-hydrogen) atoms. The number of ether oxygens (including phenoxy) is 1. The maximum atomic E-state index is 11.2. The summed E-state index contributed by atoms with van der Waals surface area (Å²) in [7, 11) is 0. The van der Waals surface area contributed by atoms with Gasteiger partial charge in [-0.15, -0.1) is 0 Å². The number of benzene rings is 2. The predicted octanol–water partition coefficient (Wildman–Crippen LogP) is 3.33. The van der Waals surface area contributed by atoms with Crippen LogP contribution in [0.25, 0.3) is 10.9 Å². The predicted molar refractivity (Wildman–Crippen MR) is 79.6 cm³/mol. The van der Waals surface area contributed by atoms with Crippen molar-refractivity contribution in [2.45, 2.75) is 6.61 Å². The van der Waals surface area contributed by atoms with Gasteiger partial charge in [0.1, 0.15) is 5.75 Å². The van der Waals surface area contributed by atoms with Crippen molar-refractivity contribution in [1.82, 2.24) is 4.98 Å². The number of hydrogen-bond donors (Lipinski definition) is 1. The first-order chi connectivity index (χ1) is 10.3. The van der Waals surface area contributed by atoms with Crippen LogP contribution >= 0.6 is 0 Å². The maximum Gasteiger partial charge on any atom is 0.230 e. The van der Waals surface area contributed by atoms with Gasteiger partial charge >= 0.3 is 0 Å². The van der Waals surface area contributed by atoms with Crippen LogP contribution in [-0.4, -0.2) is 16.4 Å². The average Bonchev–Trinajstić information content (AvgIpc) is 2.54. The van der Waals surface area contributed by atoms with Gasteiger partial charge in [-0.1, -0.05) is 36.4 Å². The number of aliphatic hydroxyl groups is 1. The highest BCUT2D eigenvalue weighted by molar-refractivity contribution is 5.88. The van der Waals surface area contributed by atoms with Crippen LogP contribution in [0.5, 0.6) is 11.6 Å². The minimum Gasteiger partial charge on any atom is -0.438 e. The molecule has 4 heteroatoms. The van der Waals surface area contributed by atoms with Crippen LogP contribution in [0.1, 0.15) is 15.9 Å². The van der Waals surface area contributed by atoms with E-state index in [-0.39, 0.29) is 12.5 Å². The number of aldehydes is 1. The molecule has 0 aliphatic rings. The molecule has 4 nitrogen and oxygen atoms in total. The minimum atomic E-state index is -0.139. The van der Waals surface area contributed by atoms with Crippen molar-refractivity contribution in [1.29, 1.82) is 0 Å². The normalized spacial score (nSPS) is 10.5. The van der Waals surface area contributed by atoms with Crippen molar-refractivity contribution in [2.24, 2.45) is 0 Å². The molecule has 0 saturated heterocycles. The van der Waals surface area contributed by atoms with Crippen molar-refractivity contribution >= 4 is 17.2 Å². The number of nitrogens with zero attached hydrogens (tertiary/aromatic N) is 1. The van der Waals surface area contributed by atoms with Gasteiger partial charge in [0.2, 0.25) is 5.88 Å². The third kappa shape index (κ3) is 2.61. The van der Waals surface area contributed by atoms with Gasteiger partial charge in [-0.05, 0) is 18.2 Å². The van der Waals surface area contributed by atoms with E-state index in [1.165, 1.54) is 0 Å². The number of aromatic nitrogens is 1. The number of carbonyl (C=O) groups is 1. The Labute approximate surface area is 121 Å². The van der Waals surface area contributed by atoms with E-state index in [1.54, 1.807) is 24.3 Å². The van der Waals surface area contributed by atoms with Crippen molar-refractivity contribution in [3.05, 3.63) is 65.7 Å². The van der Waals surface area contributed by atoms with E-state index < -0.39 is 0 Å². The molecule has 0 aliphatic heterocycles. The number of fused-ring (bicyclic) bond motifs is 1. The molecule has 0 bridgehead atoms. The molecular weight excluding hydrogens is 266 g/mol. The van der Waals surface area contributed by atoms with Gasteiger partial charge in [0.05, 0.1) is 17.7 Å². The molecular formula is C17H13NO3. The van der Waals surface area contributed by atoms with Gasteiger partial charge in [-0.25, -0.2) is 4.98 Å². The first-order valence-corrected chi connectivity index (χ1v) is 6.53. The molecule has 0 atom stereocenters. The number of pyridine rings is 1. The molecule has 104 valence electrons. The zero-order chi connectivity index (χ0) is 14.7. The van der Waals surface area contributed by atoms with E-state index >= 15 is 0 Å². The van der Waals surface area contributed by atoms with Crippen molar-refractivity contribution in [3.63, 3.8) is 0 Å². The molecule has 3 aromatic rings. The Morgan fingerprint density at radius 3 is 2.67 bits per heavy atom. The minimum absolute atomic E-state index is 0.139. The molecule has 0 unspecified atom stereocenters. The Hall–Kier alpha value is -2.72. The second-order valence-electron chi connectivity index (χ2n) is 4.56. The second-order valence-corrected chi connectivity index (χ2v) is 4.56. The fourth-order valence-electron chi connectivity index (χ4n) is 2.12. The van der Waals surface area contributed by atoms with Crippen molar-refractivity contribution in [3.8, 4) is 11.6 Å².